The molecule has 1 aliphatic rings. The van der Waals surface area contributed by atoms with E-state index in [2.05, 4.69) is 10.3 Å². The molecule has 2 aromatic carbocycles. The zero-order chi connectivity index (χ0) is 20.4. The second-order valence-electron chi connectivity index (χ2n) is 6.91. The molecule has 3 aromatic rings. The van der Waals surface area contributed by atoms with Gasteiger partial charge in [0.15, 0.2) is 11.2 Å². The van der Waals surface area contributed by atoms with Crippen molar-refractivity contribution in [2.24, 2.45) is 0 Å². The van der Waals surface area contributed by atoms with Gasteiger partial charge in [-0.15, -0.1) is 11.3 Å². The summed E-state index contributed by atoms with van der Waals surface area (Å²) < 4.78 is 5.66. The lowest BCUT2D eigenvalue weighted by Crippen LogP contribution is -2.41. The molecule has 1 aromatic heterocycles. The Kier molecular flexibility index (Phi) is 5.31. The molecule has 7 heteroatoms. The van der Waals surface area contributed by atoms with Gasteiger partial charge in [-0.05, 0) is 37.1 Å². The standard InChI is InChI=1S/C22H21N3O3S/c1-14-21(27)25(2)18-12-16(9-10-19(18)28-14)17-13-29-22(23-17)24-20(26)11-8-15-6-4-3-5-7-15/h3-7,9-10,12-14H,8,11H2,1-2H3,(H,23,24,26)/t14-/m0/s1. The zero-order valence-corrected chi connectivity index (χ0v) is 17.0. The van der Waals surface area contributed by atoms with Crippen LogP contribution < -0.4 is 15.0 Å². The molecule has 0 unspecified atom stereocenters. The van der Waals surface area contributed by atoms with Crippen LogP contribution in [-0.2, 0) is 16.0 Å². The van der Waals surface area contributed by atoms with E-state index < -0.39 is 6.10 Å². The summed E-state index contributed by atoms with van der Waals surface area (Å²) in [5, 5.41) is 5.32. The normalized spacial score (nSPS) is 15.6. The summed E-state index contributed by atoms with van der Waals surface area (Å²) in [6, 6.07) is 15.6. The van der Waals surface area contributed by atoms with E-state index in [0.717, 1.165) is 16.8 Å². The molecule has 148 valence electrons. The number of aryl methyl sites for hydroxylation is 1. The maximum absolute atomic E-state index is 12.2. The third-order valence-corrected chi connectivity index (χ3v) is 5.59. The van der Waals surface area contributed by atoms with Crippen LogP contribution in [0.25, 0.3) is 11.3 Å². The minimum absolute atomic E-state index is 0.0621. The van der Waals surface area contributed by atoms with Crippen LogP contribution in [0.15, 0.2) is 53.9 Å². The van der Waals surface area contributed by atoms with Gasteiger partial charge in [-0.1, -0.05) is 30.3 Å². The van der Waals surface area contributed by atoms with Crippen LogP contribution >= 0.6 is 11.3 Å². The van der Waals surface area contributed by atoms with Crippen molar-refractivity contribution in [1.82, 2.24) is 4.98 Å². The Balaban J connectivity index is 1.44. The predicted octanol–water partition coefficient (Wildman–Crippen LogP) is 4.13. The molecule has 6 nitrogen and oxygen atoms in total. The van der Waals surface area contributed by atoms with Crippen LogP contribution in [0.5, 0.6) is 5.75 Å². The topological polar surface area (TPSA) is 71.5 Å². The highest BCUT2D eigenvalue weighted by Gasteiger charge is 2.29. The number of thiazole rings is 1. The number of fused-ring (bicyclic) bond motifs is 1. The molecule has 1 aliphatic heterocycles. The summed E-state index contributed by atoms with van der Waals surface area (Å²) in [7, 11) is 1.74. The van der Waals surface area contributed by atoms with Gasteiger partial charge in [0.25, 0.3) is 5.91 Å². The third kappa shape index (κ3) is 4.14. The first-order valence-electron chi connectivity index (χ1n) is 9.39. The number of likely N-dealkylation sites (N-methyl/N-ethyl adjacent to an activating group) is 1. The number of nitrogens with zero attached hydrogens (tertiary/aromatic N) is 2. The van der Waals surface area contributed by atoms with Gasteiger partial charge < -0.3 is 15.0 Å². The molecule has 2 amide bonds. The molecule has 0 radical (unpaired) electrons. The van der Waals surface area contributed by atoms with Gasteiger partial charge in [0.05, 0.1) is 11.4 Å². The van der Waals surface area contributed by atoms with Crippen LogP contribution in [0.3, 0.4) is 0 Å². The van der Waals surface area contributed by atoms with E-state index in [-0.39, 0.29) is 11.8 Å². The summed E-state index contributed by atoms with van der Waals surface area (Å²) in [5.41, 5.74) is 3.46. The second-order valence-corrected chi connectivity index (χ2v) is 7.77. The molecule has 29 heavy (non-hydrogen) atoms. The second kappa shape index (κ2) is 8.05. The Bertz CT molecular complexity index is 1050. The molecule has 0 aliphatic carbocycles. The van der Waals surface area contributed by atoms with Crippen LogP contribution in [0, 0.1) is 0 Å². The van der Waals surface area contributed by atoms with Crippen LogP contribution in [-0.4, -0.2) is 29.9 Å². The number of rotatable bonds is 5. The Labute approximate surface area is 173 Å². The van der Waals surface area contributed by atoms with Gasteiger partial charge in [-0.3, -0.25) is 9.59 Å². The maximum Gasteiger partial charge on any atom is 0.267 e. The first kappa shape index (κ1) is 19.1. The molecule has 0 fully saturated rings. The molecule has 4 rings (SSSR count). The lowest BCUT2D eigenvalue weighted by Gasteiger charge is -2.30. The zero-order valence-electron chi connectivity index (χ0n) is 16.2. The quantitative estimate of drug-likeness (QED) is 0.690. The number of anilines is 2. The number of carbonyl (C=O) groups excluding carboxylic acids is 2. The highest BCUT2D eigenvalue weighted by molar-refractivity contribution is 7.14. The Hall–Kier alpha value is -3.19. The van der Waals surface area contributed by atoms with Gasteiger partial charge >= 0.3 is 0 Å². The van der Waals surface area contributed by atoms with Crippen molar-refractivity contribution >= 4 is 34.0 Å². The first-order valence-corrected chi connectivity index (χ1v) is 10.3. The van der Waals surface area contributed by atoms with Crippen LogP contribution in [0.2, 0.25) is 0 Å². The highest BCUT2D eigenvalue weighted by atomic mass is 32.1. The fraction of sp³-hybridized carbons (Fsp3) is 0.227. The number of carbonyl (C=O) groups is 2. The van der Waals surface area contributed by atoms with E-state index in [9.17, 15) is 9.59 Å². The summed E-state index contributed by atoms with van der Waals surface area (Å²) in [6.07, 6.45) is 0.602. The first-order chi connectivity index (χ1) is 14.0. The van der Waals surface area contributed by atoms with E-state index in [1.54, 1.807) is 18.9 Å². The minimum Gasteiger partial charge on any atom is -0.479 e. The summed E-state index contributed by atoms with van der Waals surface area (Å²) in [4.78, 5) is 30.5. The molecule has 0 bridgehead atoms. The SMILES string of the molecule is C[C@@H]1Oc2ccc(-c3csc(NC(=O)CCc4ccccc4)n3)cc2N(C)C1=O. The van der Waals surface area contributed by atoms with Crippen molar-refractivity contribution in [3.05, 3.63) is 59.5 Å². The monoisotopic (exact) mass is 407 g/mol. The van der Waals surface area contributed by atoms with Crippen molar-refractivity contribution in [2.75, 3.05) is 17.3 Å². The molecular weight excluding hydrogens is 386 g/mol. The van der Waals surface area contributed by atoms with E-state index >= 15 is 0 Å². The molecule has 0 spiro atoms. The van der Waals surface area contributed by atoms with E-state index in [1.165, 1.54) is 11.3 Å². The number of nitrogens with one attached hydrogen (secondary N) is 1. The third-order valence-electron chi connectivity index (χ3n) is 4.83. The Morgan fingerprint density at radius 2 is 2.03 bits per heavy atom. The molecule has 0 saturated heterocycles. The fourth-order valence-electron chi connectivity index (χ4n) is 3.22. The summed E-state index contributed by atoms with van der Waals surface area (Å²) >= 11 is 1.38. The predicted molar refractivity (Wildman–Crippen MR) is 114 cm³/mol. The van der Waals surface area contributed by atoms with Crippen molar-refractivity contribution in [3.8, 4) is 17.0 Å². The Morgan fingerprint density at radius 3 is 2.83 bits per heavy atom. The van der Waals surface area contributed by atoms with E-state index in [4.69, 9.17) is 4.74 Å². The van der Waals surface area contributed by atoms with Gasteiger partial charge in [-0.2, -0.15) is 0 Å². The van der Waals surface area contributed by atoms with Gasteiger partial charge in [0.1, 0.15) is 5.75 Å². The van der Waals surface area contributed by atoms with Crippen molar-refractivity contribution < 1.29 is 14.3 Å². The number of hydrogen-bond acceptors (Lipinski definition) is 5. The van der Waals surface area contributed by atoms with E-state index in [1.807, 2.05) is 53.9 Å². The number of hydrogen-bond donors (Lipinski definition) is 1. The lowest BCUT2D eigenvalue weighted by atomic mass is 10.1. The van der Waals surface area contributed by atoms with E-state index in [0.29, 0.717) is 29.4 Å². The smallest absolute Gasteiger partial charge is 0.267 e. The van der Waals surface area contributed by atoms with Crippen molar-refractivity contribution in [2.45, 2.75) is 25.9 Å². The van der Waals surface area contributed by atoms with Gasteiger partial charge in [-0.25, -0.2) is 4.98 Å². The average Bonchev–Trinajstić information content (AvgIpc) is 3.19. The van der Waals surface area contributed by atoms with Crippen LogP contribution in [0.4, 0.5) is 10.8 Å². The number of ether oxygens (including phenoxy) is 1. The number of aromatic nitrogens is 1. The number of amides is 2. The lowest BCUT2D eigenvalue weighted by molar-refractivity contribution is -0.125. The molecule has 0 saturated carbocycles. The average molecular weight is 407 g/mol. The minimum atomic E-state index is -0.490. The molecular formula is C22H21N3O3S. The van der Waals surface area contributed by atoms with Crippen LogP contribution in [0.1, 0.15) is 18.9 Å². The number of benzene rings is 2. The van der Waals surface area contributed by atoms with Crippen molar-refractivity contribution in [3.63, 3.8) is 0 Å². The maximum atomic E-state index is 12.2. The largest absolute Gasteiger partial charge is 0.479 e. The highest BCUT2D eigenvalue weighted by Crippen LogP contribution is 2.37. The molecule has 1 atom stereocenters. The van der Waals surface area contributed by atoms with Gasteiger partial charge in [0, 0.05) is 24.4 Å². The molecule has 1 N–H and O–H groups in total. The Morgan fingerprint density at radius 1 is 1.24 bits per heavy atom. The summed E-state index contributed by atoms with van der Waals surface area (Å²) in [5.74, 6) is 0.528. The molecule has 2 heterocycles. The van der Waals surface area contributed by atoms with Crippen molar-refractivity contribution in [1.29, 1.82) is 0 Å². The van der Waals surface area contributed by atoms with Gasteiger partial charge in [0.2, 0.25) is 5.91 Å². The fourth-order valence-corrected chi connectivity index (χ4v) is 3.95. The summed E-state index contributed by atoms with van der Waals surface area (Å²) in [6.45, 7) is 1.74.